The van der Waals surface area contributed by atoms with Gasteiger partial charge in [0.1, 0.15) is 11.4 Å². The van der Waals surface area contributed by atoms with Crippen molar-refractivity contribution in [3.63, 3.8) is 0 Å². The first kappa shape index (κ1) is 16.4. The molecule has 0 saturated heterocycles. The molecule has 2 aromatic heterocycles. The third-order valence-electron chi connectivity index (χ3n) is 3.60. The third-order valence-corrected chi connectivity index (χ3v) is 3.60. The molecule has 0 aliphatic heterocycles. The van der Waals surface area contributed by atoms with Gasteiger partial charge in [-0.2, -0.15) is 10.2 Å². The minimum absolute atomic E-state index is 0.211. The Morgan fingerprint density at radius 2 is 2.12 bits per heavy atom. The molecule has 0 unspecified atom stereocenters. The van der Waals surface area contributed by atoms with Crippen molar-refractivity contribution in [3.8, 4) is 17.0 Å². The number of amides is 1. The number of hydrogen-bond acceptors (Lipinski definition) is 5. The van der Waals surface area contributed by atoms with E-state index < -0.39 is 0 Å². The molecule has 8 heteroatoms. The molecular weight excluding hydrogens is 322 g/mol. The minimum atomic E-state index is -0.308. The lowest BCUT2D eigenvalue weighted by Crippen LogP contribution is -2.31. The zero-order valence-corrected chi connectivity index (χ0v) is 13.6. The second-order valence-electron chi connectivity index (χ2n) is 5.21. The number of para-hydroxylation sites is 1. The first-order valence-electron chi connectivity index (χ1n) is 7.68. The highest BCUT2D eigenvalue weighted by molar-refractivity contribution is 5.93. The Kier molecular flexibility index (Phi) is 4.89. The van der Waals surface area contributed by atoms with E-state index in [1.54, 1.807) is 19.2 Å². The Morgan fingerprint density at radius 3 is 2.92 bits per heavy atom. The highest BCUT2D eigenvalue weighted by Crippen LogP contribution is 2.28. The molecule has 3 aromatic rings. The summed E-state index contributed by atoms with van der Waals surface area (Å²) in [6.45, 7) is 0.567. The van der Waals surface area contributed by atoms with Crippen LogP contribution < -0.4 is 15.6 Å². The van der Waals surface area contributed by atoms with E-state index in [9.17, 15) is 9.59 Å². The lowest BCUT2D eigenvalue weighted by molar-refractivity contribution is 0.0946. The van der Waals surface area contributed by atoms with Crippen LogP contribution in [0.15, 0.2) is 53.5 Å². The van der Waals surface area contributed by atoms with Gasteiger partial charge < -0.3 is 10.1 Å². The molecule has 0 spiro atoms. The van der Waals surface area contributed by atoms with Crippen LogP contribution in [0.1, 0.15) is 10.5 Å². The maximum atomic E-state index is 12.2. The fourth-order valence-corrected chi connectivity index (χ4v) is 2.36. The van der Waals surface area contributed by atoms with E-state index in [2.05, 4.69) is 20.6 Å². The van der Waals surface area contributed by atoms with Gasteiger partial charge in [-0.05, 0) is 24.3 Å². The predicted molar refractivity (Wildman–Crippen MR) is 91.4 cm³/mol. The van der Waals surface area contributed by atoms with Crippen LogP contribution in [0.4, 0.5) is 0 Å². The number of rotatable bonds is 6. The van der Waals surface area contributed by atoms with Gasteiger partial charge in [0.25, 0.3) is 11.5 Å². The van der Waals surface area contributed by atoms with Crippen molar-refractivity contribution in [2.24, 2.45) is 0 Å². The Morgan fingerprint density at radius 1 is 1.28 bits per heavy atom. The van der Waals surface area contributed by atoms with Gasteiger partial charge in [-0.15, -0.1) is 0 Å². The molecule has 25 heavy (non-hydrogen) atoms. The molecule has 0 atom stereocenters. The summed E-state index contributed by atoms with van der Waals surface area (Å²) in [4.78, 5) is 23.7. The Labute approximate surface area is 143 Å². The van der Waals surface area contributed by atoms with Crippen LogP contribution in [0.2, 0.25) is 0 Å². The van der Waals surface area contributed by atoms with Gasteiger partial charge in [0.2, 0.25) is 0 Å². The third kappa shape index (κ3) is 3.74. The van der Waals surface area contributed by atoms with E-state index >= 15 is 0 Å². The van der Waals surface area contributed by atoms with Crippen molar-refractivity contribution < 1.29 is 9.53 Å². The smallest absolute Gasteiger partial charge is 0.269 e. The van der Waals surface area contributed by atoms with Crippen LogP contribution >= 0.6 is 0 Å². The fraction of sp³-hybridized carbons (Fsp3) is 0.176. The number of aromatic amines is 1. The number of methoxy groups -OCH3 is 1. The van der Waals surface area contributed by atoms with Gasteiger partial charge in [-0.1, -0.05) is 12.1 Å². The average molecular weight is 339 g/mol. The molecule has 128 valence electrons. The van der Waals surface area contributed by atoms with Gasteiger partial charge in [0.05, 0.1) is 19.3 Å². The molecule has 8 nitrogen and oxygen atoms in total. The first-order chi connectivity index (χ1) is 12.2. The molecule has 1 aromatic carbocycles. The predicted octanol–water partition coefficient (Wildman–Crippen LogP) is 1.07. The highest BCUT2D eigenvalue weighted by atomic mass is 16.5. The van der Waals surface area contributed by atoms with Crippen LogP contribution in [-0.2, 0) is 6.54 Å². The number of nitrogens with one attached hydrogen (secondary N) is 2. The van der Waals surface area contributed by atoms with E-state index in [0.717, 1.165) is 5.56 Å². The average Bonchev–Trinajstić information content (AvgIpc) is 3.13. The van der Waals surface area contributed by atoms with Crippen LogP contribution in [0.5, 0.6) is 5.75 Å². The van der Waals surface area contributed by atoms with Crippen molar-refractivity contribution in [1.82, 2.24) is 25.3 Å². The fourth-order valence-electron chi connectivity index (χ4n) is 2.36. The number of hydrogen-bond donors (Lipinski definition) is 2. The lowest BCUT2D eigenvalue weighted by atomic mass is 10.1. The van der Waals surface area contributed by atoms with E-state index in [1.807, 2.05) is 24.3 Å². The van der Waals surface area contributed by atoms with Gasteiger partial charge in [-0.25, -0.2) is 4.68 Å². The lowest BCUT2D eigenvalue weighted by Gasteiger charge is -2.05. The molecule has 0 saturated carbocycles. The highest BCUT2D eigenvalue weighted by Gasteiger charge is 2.13. The molecule has 2 N–H and O–H groups in total. The topological polar surface area (TPSA) is 102 Å². The molecular formula is C17H17N5O3. The SMILES string of the molecule is COc1ccccc1-c1cc(C(=O)NCCn2ncccc2=O)[nH]n1. The van der Waals surface area contributed by atoms with Crippen molar-refractivity contribution >= 4 is 5.91 Å². The molecule has 0 aliphatic carbocycles. The first-order valence-corrected chi connectivity index (χ1v) is 7.68. The largest absolute Gasteiger partial charge is 0.496 e. The summed E-state index contributed by atoms with van der Waals surface area (Å²) in [6, 6.07) is 12.1. The summed E-state index contributed by atoms with van der Waals surface area (Å²) in [5.41, 5.74) is 1.52. The van der Waals surface area contributed by atoms with Gasteiger partial charge >= 0.3 is 0 Å². The molecule has 0 bridgehead atoms. The van der Waals surface area contributed by atoms with E-state index in [0.29, 0.717) is 23.7 Å². The molecule has 2 heterocycles. The number of H-pyrrole nitrogens is 1. The summed E-state index contributed by atoms with van der Waals surface area (Å²) in [6.07, 6.45) is 1.53. The summed E-state index contributed by atoms with van der Waals surface area (Å²) in [5.74, 6) is 0.369. The number of ether oxygens (including phenoxy) is 1. The molecule has 1 amide bonds. The van der Waals surface area contributed by atoms with Crippen LogP contribution in [0.25, 0.3) is 11.3 Å². The Hall–Kier alpha value is -3.42. The van der Waals surface area contributed by atoms with Gasteiger partial charge in [0.15, 0.2) is 0 Å². The number of nitrogens with zero attached hydrogens (tertiary/aromatic N) is 3. The van der Waals surface area contributed by atoms with Crippen molar-refractivity contribution in [2.75, 3.05) is 13.7 Å². The Bertz CT molecular complexity index is 932. The van der Waals surface area contributed by atoms with Gasteiger partial charge in [0, 0.05) is 24.4 Å². The number of carbonyl (C=O) groups is 1. The molecule has 0 fully saturated rings. The van der Waals surface area contributed by atoms with E-state index in [-0.39, 0.29) is 18.0 Å². The summed E-state index contributed by atoms with van der Waals surface area (Å²) in [5, 5.41) is 13.5. The molecule has 0 radical (unpaired) electrons. The standard InChI is InChI=1S/C17H17N5O3/c1-25-15-6-3-2-5-12(15)13-11-14(21-20-13)17(24)18-9-10-22-16(23)7-4-8-19-22/h2-8,11H,9-10H2,1H3,(H,18,24)(H,20,21). The van der Waals surface area contributed by atoms with E-state index in [1.165, 1.54) is 16.9 Å². The number of aromatic nitrogens is 4. The summed E-state index contributed by atoms with van der Waals surface area (Å²) < 4.78 is 6.59. The molecule has 0 aliphatic rings. The molecule has 3 rings (SSSR count). The zero-order valence-electron chi connectivity index (χ0n) is 13.6. The van der Waals surface area contributed by atoms with Gasteiger partial charge in [-0.3, -0.25) is 14.7 Å². The number of benzene rings is 1. The Balaban J connectivity index is 1.65. The normalized spacial score (nSPS) is 10.4. The second kappa shape index (κ2) is 7.43. The summed E-state index contributed by atoms with van der Waals surface area (Å²) in [7, 11) is 1.58. The quantitative estimate of drug-likeness (QED) is 0.699. The van der Waals surface area contributed by atoms with Crippen LogP contribution in [-0.4, -0.2) is 39.5 Å². The van der Waals surface area contributed by atoms with Crippen molar-refractivity contribution in [1.29, 1.82) is 0 Å². The summed E-state index contributed by atoms with van der Waals surface area (Å²) >= 11 is 0. The van der Waals surface area contributed by atoms with E-state index in [4.69, 9.17) is 4.74 Å². The maximum Gasteiger partial charge on any atom is 0.269 e. The second-order valence-corrected chi connectivity index (χ2v) is 5.21. The van der Waals surface area contributed by atoms with Crippen LogP contribution in [0.3, 0.4) is 0 Å². The minimum Gasteiger partial charge on any atom is -0.496 e. The van der Waals surface area contributed by atoms with Crippen LogP contribution in [0, 0.1) is 0 Å². The van der Waals surface area contributed by atoms with Crippen molar-refractivity contribution in [2.45, 2.75) is 6.54 Å². The van der Waals surface area contributed by atoms with Crippen molar-refractivity contribution in [3.05, 3.63) is 64.7 Å². The maximum absolute atomic E-state index is 12.2. The number of carbonyl (C=O) groups excluding carboxylic acids is 1. The zero-order chi connectivity index (χ0) is 17.6. The monoisotopic (exact) mass is 339 g/mol.